The molecule has 0 fully saturated rings. The molecule has 20 heavy (non-hydrogen) atoms. The molecule has 2 heterocycles. The van der Waals surface area contributed by atoms with Crippen LogP contribution in [0.15, 0.2) is 38.6 Å². The monoisotopic (exact) mass is 320 g/mol. The lowest BCUT2D eigenvalue weighted by Gasteiger charge is -1.98. The van der Waals surface area contributed by atoms with Gasteiger partial charge in [-0.3, -0.25) is 0 Å². The van der Waals surface area contributed by atoms with E-state index in [0.29, 0.717) is 33.7 Å². The molecule has 3 rings (SSSR count). The number of halogens is 1. The summed E-state index contributed by atoms with van der Waals surface area (Å²) in [5.74, 6) is 0.759. The maximum Gasteiger partial charge on any atom is 0.259 e. The number of hydrogen-bond donors (Lipinski definition) is 0. The van der Waals surface area contributed by atoms with Gasteiger partial charge in [-0.1, -0.05) is 16.8 Å². The average molecular weight is 321 g/mol. The normalized spacial score (nSPS) is 10.2. The largest absolute Gasteiger partial charge is 0.334 e. The Labute approximate surface area is 128 Å². The molecule has 0 saturated carbocycles. The predicted octanol–water partition coefficient (Wildman–Crippen LogP) is 4.25. The lowest BCUT2D eigenvalue weighted by Crippen LogP contribution is -1.81. The lowest BCUT2D eigenvalue weighted by atomic mass is 10.2. The van der Waals surface area contributed by atoms with Crippen molar-refractivity contribution in [3.05, 3.63) is 34.1 Å². The van der Waals surface area contributed by atoms with Crippen LogP contribution in [0.3, 0.4) is 0 Å². The van der Waals surface area contributed by atoms with Gasteiger partial charge >= 0.3 is 0 Å². The van der Waals surface area contributed by atoms with Gasteiger partial charge in [0, 0.05) is 5.38 Å². The van der Waals surface area contributed by atoms with Crippen LogP contribution in [0.1, 0.15) is 0 Å². The first-order valence-corrected chi connectivity index (χ1v) is 7.11. The highest BCUT2D eigenvalue weighted by molar-refractivity contribution is 7.78. The second-order valence-corrected chi connectivity index (χ2v) is 4.97. The number of aliphatic imine (C=N–C) groups is 1. The lowest BCUT2D eigenvalue weighted by molar-refractivity contribution is 0.432. The van der Waals surface area contributed by atoms with E-state index in [1.807, 2.05) is 5.38 Å². The van der Waals surface area contributed by atoms with E-state index in [9.17, 15) is 0 Å². The van der Waals surface area contributed by atoms with Crippen LogP contribution in [0.5, 0.6) is 0 Å². The molecule has 0 unspecified atom stereocenters. The molecule has 0 spiro atoms. The molecule has 8 heteroatoms. The molecule has 0 aliphatic rings. The Kier molecular flexibility index (Phi) is 3.66. The van der Waals surface area contributed by atoms with Crippen molar-refractivity contribution in [2.45, 2.75) is 0 Å². The zero-order valence-corrected chi connectivity index (χ0v) is 12.2. The molecule has 3 aromatic rings. The molecular formula is C12H5ClN4OS2. The Hall–Kier alpha value is -1.92. The first-order valence-electron chi connectivity index (χ1n) is 5.38. The number of thiazole rings is 1. The molecule has 0 N–H and O–H groups in total. The van der Waals surface area contributed by atoms with Crippen molar-refractivity contribution in [1.29, 1.82) is 0 Å². The van der Waals surface area contributed by atoms with Gasteiger partial charge in [-0.25, -0.2) is 4.98 Å². The van der Waals surface area contributed by atoms with Gasteiger partial charge in [0.25, 0.3) is 5.89 Å². The van der Waals surface area contributed by atoms with Gasteiger partial charge in [0.2, 0.25) is 5.82 Å². The highest BCUT2D eigenvalue weighted by Gasteiger charge is 2.14. The van der Waals surface area contributed by atoms with E-state index in [0.717, 1.165) is 0 Å². The Bertz CT molecular complexity index is 794. The van der Waals surface area contributed by atoms with Crippen LogP contribution in [0, 0.1) is 0 Å². The second-order valence-electron chi connectivity index (χ2n) is 3.66. The van der Waals surface area contributed by atoms with Crippen molar-refractivity contribution in [2.24, 2.45) is 4.99 Å². The first-order chi connectivity index (χ1) is 9.78. The quantitative estimate of drug-likeness (QED) is 0.533. The van der Waals surface area contributed by atoms with Crippen molar-refractivity contribution >= 4 is 46.0 Å². The van der Waals surface area contributed by atoms with Crippen molar-refractivity contribution in [1.82, 2.24) is 15.1 Å². The van der Waals surface area contributed by atoms with Crippen LogP contribution in [0.4, 0.5) is 5.69 Å². The minimum Gasteiger partial charge on any atom is -0.334 e. The fourth-order valence-electron chi connectivity index (χ4n) is 1.56. The number of benzene rings is 1. The number of aromatic nitrogens is 3. The van der Waals surface area contributed by atoms with Gasteiger partial charge in [-0.2, -0.15) is 9.98 Å². The van der Waals surface area contributed by atoms with E-state index in [1.165, 1.54) is 11.3 Å². The summed E-state index contributed by atoms with van der Waals surface area (Å²) in [7, 11) is 0. The number of rotatable bonds is 3. The van der Waals surface area contributed by atoms with Crippen molar-refractivity contribution in [3.8, 4) is 23.0 Å². The highest BCUT2D eigenvalue weighted by atomic mass is 35.5. The van der Waals surface area contributed by atoms with E-state index in [1.54, 1.807) is 23.7 Å². The van der Waals surface area contributed by atoms with Gasteiger partial charge in [-0.15, -0.1) is 11.3 Å². The van der Waals surface area contributed by atoms with Crippen LogP contribution in [0.2, 0.25) is 5.02 Å². The number of hydrogen-bond acceptors (Lipinski definition) is 7. The maximum atomic E-state index is 6.17. The zero-order chi connectivity index (χ0) is 13.9. The third kappa shape index (κ3) is 2.52. The van der Waals surface area contributed by atoms with Crippen molar-refractivity contribution in [3.63, 3.8) is 0 Å². The summed E-state index contributed by atoms with van der Waals surface area (Å²) in [4.78, 5) is 12.2. The predicted molar refractivity (Wildman–Crippen MR) is 80.5 cm³/mol. The maximum absolute atomic E-state index is 6.17. The Morgan fingerprint density at radius 3 is 3.00 bits per heavy atom. The number of nitrogens with zero attached hydrogens (tertiary/aromatic N) is 4. The van der Waals surface area contributed by atoms with Crippen LogP contribution < -0.4 is 0 Å². The third-order valence-electron chi connectivity index (χ3n) is 2.45. The zero-order valence-electron chi connectivity index (χ0n) is 9.78. The highest BCUT2D eigenvalue weighted by Crippen LogP contribution is 2.31. The molecule has 2 aromatic heterocycles. The standard InChI is InChI=1S/C12H5ClN4OS2/c13-9-3-7(14-5-19)1-2-8(9)12-16-11(17-18-12)10-4-20-6-15-10/h1-4,6H. The average Bonchev–Trinajstić information content (AvgIpc) is 3.10. The van der Waals surface area contributed by atoms with Crippen LogP contribution in [-0.4, -0.2) is 20.3 Å². The third-order valence-corrected chi connectivity index (χ3v) is 3.44. The van der Waals surface area contributed by atoms with Gasteiger partial charge in [0.1, 0.15) is 5.69 Å². The summed E-state index contributed by atoms with van der Waals surface area (Å²) in [6, 6.07) is 5.14. The number of thiocarbonyl (C=S) groups is 1. The molecule has 0 aliphatic heterocycles. The van der Waals surface area contributed by atoms with E-state index in [-0.39, 0.29) is 0 Å². The molecule has 0 aliphatic carbocycles. The first kappa shape index (κ1) is 13.1. The molecule has 98 valence electrons. The fraction of sp³-hybridized carbons (Fsp3) is 0. The molecule has 0 atom stereocenters. The van der Waals surface area contributed by atoms with Gasteiger partial charge in [0.15, 0.2) is 0 Å². The topological polar surface area (TPSA) is 64.2 Å². The minimum atomic E-state index is 0.330. The summed E-state index contributed by atoms with van der Waals surface area (Å²) in [5, 5.41) is 8.46. The summed E-state index contributed by atoms with van der Waals surface area (Å²) >= 11 is 12.2. The molecule has 1 aromatic carbocycles. The van der Waals surface area contributed by atoms with Gasteiger partial charge in [0.05, 0.1) is 26.9 Å². The van der Waals surface area contributed by atoms with Crippen LogP contribution in [0.25, 0.3) is 23.0 Å². The summed E-state index contributed by atoms with van der Waals surface area (Å²) in [6.45, 7) is 0. The molecule has 0 radical (unpaired) electrons. The summed E-state index contributed by atoms with van der Waals surface area (Å²) in [5.41, 5.74) is 3.62. The Morgan fingerprint density at radius 2 is 2.30 bits per heavy atom. The molecule has 5 nitrogen and oxygen atoms in total. The molecule has 0 saturated heterocycles. The Morgan fingerprint density at radius 1 is 1.40 bits per heavy atom. The van der Waals surface area contributed by atoms with Crippen molar-refractivity contribution < 1.29 is 4.52 Å². The van der Waals surface area contributed by atoms with Gasteiger partial charge < -0.3 is 4.52 Å². The number of isothiocyanates is 1. The molecule has 0 bridgehead atoms. The summed E-state index contributed by atoms with van der Waals surface area (Å²) in [6.07, 6.45) is 0. The van der Waals surface area contributed by atoms with E-state index in [4.69, 9.17) is 16.1 Å². The second kappa shape index (κ2) is 5.60. The molecular weight excluding hydrogens is 316 g/mol. The smallest absolute Gasteiger partial charge is 0.259 e. The fourth-order valence-corrected chi connectivity index (χ4v) is 2.45. The van der Waals surface area contributed by atoms with E-state index < -0.39 is 0 Å². The van der Waals surface area contributed by atoms with E-state index in [2.05, 4.69) is 37.5 Å². The van der Waals surface area contributed by atoms with E-state index >= 15 is 0 Å². The Balaban J connectivity index is 1.99. The van der Waals surface area contributed by atoms with Gasteiger partial charge in [-0.05, 0) is 30.4 Å². The minimum absolute atomic E-state index is 0.330. The summed E-state index contributed by atoms with van der Waals surface area (Å²) < 4.78 is 5.21. The molecule has 0 amide bonds. The SMILES string of the molecule is S=C=Nc1ccc(-c2nc(-c3cscn3)no2)c(Cl)c1. The van der Waals surface area contributed by atoms with Crippen molar-refractivity contribution in [2.75, 3.05) is 0 Å². The van der Waals surface area contributed by atoms with Crippen LogP contribution >= 0.6 is 35.2 Å². The van der Waals surface area contributed by atoms with Crippen LogP contribution in [-0.2, 0) is 0 Å².